The number of allylic oxidation sites excluding steroid dienone is 1. The normalized spacial score (nSPS) is 16.5. The van der Waals surface area contributed by atoms with Gasteiger partial charge >= 0.3 is 0 Å². The zero-order valence-corrected chi connectivity index (χ0v) is 17.5. The minimum absolute atomic E-state index is 0.0000333. The lowest BCUT2D eigenvalue weighted by Gasteiger charge is -2.39. The Balaban J connectivity index is 1.59. The van der Waals surface area contributed by atoms with Crippen molar-refractivity contribution in [2.45, 2.75) is 26.2 Å². The first-order chi connectivity index (χ1) is 15.0. The van der Waals surface area contributed by atoms with Gasteiger partial charge < -0.3 is 24.7 Å². The van der Waals surface area contributed by atoms with E-state index in [1.165, 1.54) is 23.1 Å². The SMILES string of the molecule is CCOc1ccc(CCN2CC(=O)N3CCCC(c4cc(O)ccc4O)=C3C2=O)cc1. The molecule has 1 fully saturated rings. The van der Waals surface area contributed by atoms with Crippen molar-refractivity contribution in [3.63, 3.8) is 0 Å². The summed E-state index contributed by atoms with van der Waals surface area (Å²) in [6.45, 7) is 3.47. The zero-order chi connectivity index (χ0) is 22.0. The van der Waals surface area contributed by atoms with Gasteiger partial charge in [0.2, 0.25) is 5.91 Å². The van der Waals surface area contributed by atoms with Gasteiger partial charge in [0.1, 0.15) is 29.5 Å². The first-order valence-electron chi connectivity index (χ1n) is 10.5. The molecule has 2 aliphatic heterocycles. The van der Waals surface area contributed by atoms with Crippen LogP contribution in [0.2, 0.25) is 0 Å². The fourth-order valence-corrected chi connectivity index (χ4v) is 4.16. The molecule has 7 heteroatoms. The second-order valence-electron chi connectivity index (χ2n) is 7.73. The van der Waals surface area contributed by atoms with E-state index in [2.05, 4.69) is 0 Å². The van der Waals surface area contributed by atoms with Gasteiger partial charge in [-0.15, -0.1) is 0 Å². The number of carbonyl (C=O) groups is 2. The van der Waals surface area contributed by atoms with E-state index in [4.69, 9.17) is 4.74 Å². The largest absolute Gasteiger partial charge is 0.508 e. The average Bonchev–Trinajstić information content (AvgIpc) is 2.77. The van der Waals surface area contributed by atoms with Crippen molar-refractivity contribution in [3.05, 3.63) is 59.3 Å². The number of benzene rings is 2. The Bertz CT molecular complexity index is 1030. The second kappa shape index (κ2) is 8.71. The van der Waals surface area contributed by atoms with Gasteiger partial charge in [0.05, 0.1) is 6.61 Å². The Morgan fingerprint density at radius 1 is 1.06 bits per heavy atom. The molecule has 162 valence electrons. The van der Waals surface area contributed by atoms with Crippen LogP contribution in [0.4, 0.5) is 0 Å². The molecule has 0 atom stereocenters. The molecule has 2 aromatic carbocycles. The molecule has 0 aromatic heterocycles. The maximum Gasteiger partial charge on any atom is 0.271 e. The number of hydrogen-bond acceptors (Lipinski definition) is 5. The molecule has 0 saturated carbocycles. The van der Waals surface area contributed by atoms with E-state index in [0.29, 0.717) is 55.8 Å². The lowest BCUT2D eigenvalue weighted by atomic mass is 9.92. The number of nitrogens with zero attached hydrogens (tertiary/aromatic N) is 2. The Kier molecular flexibility index (Phi) is 5.84. The van der Waals surface area contributed by atoms with Crippen LogP contribution in [-0.4, -0.2) is 58.1 Å². The highest BCUT2D eigenvalue weighted by Gasteiger charge is 2.39. The molecule has 7 nitrogen and oxygen atoms in total. The van der Waals surface area contributed by atoms with E-state index in [1.807, 2.05) is 31.2 Å². The van der Waals surface area contributed by atoms with Gasteiger partial charge in [0.25, 0.3) is 5.91 Å². The first-order valence-corrected chi connectivity index (χ1v) is 10.5. The molecule has 4 rings (SSSR count). The quantitative estimate of drug-likeness (QED) is 0.699. The molecule has 0 bridgehead atoms. The van der Waals surface area contributed by atoms with Crippen molar-refractivity contribution >= 4 is 17.4 Å². The van der Waals surface area contributed by atoms with Crippen LogP contribution in [0.5, 0.6) is 17.2 Å². The summed E-state index contributed by atoms with van der Waals surface area (Å²) in [6, 6.07) is 12.0. The number of hydrogen-bond donors (Lipinski definition) is 2. The van der Waals surface area contributed by atoms with Gasteiger partial charge in [-0.2, -0.15) is 0 Å². The number of carbonyl (C=O) groups excluding carboxylic acids is 2. The predicted octanol–water partition coefficient (Wildman–Crippen LogP) is 2.91. The van der Waals surface area contributed by atoms with Crippen LogP contribution in [-0.2, 0) is 16.0 Å². The van der Waals surface area contributed by atoms with Crippen molar-refractivity contribution in [2.24, 2.45) is 0 Å². The zero-order valence-electron chi connectivity index (χ0n) is 17.5. The van der Waals surface area contributed by atoms with Gasteiger partial charge in [-0.1, -0.05) is 12.1 Å². The minimum atomic E-state index is -0.219. The van der Waals surface area contributed by atoms with Crippen LogP contribution in [0.1, 0.15) is 30.9 Å². The van der Waals surface area contributed by atoms with E-state index in [0.717, 1.165) is 11.3 Å². The number of rotatable bonds is 6. The topological polar surface area (TPSA) is 90.3 Å². The number of amides is 2. The summed E-state index contributed by atoms with van der Waals surface area (Å²) < 4.78 is 5.46. The molecule has 0 radical (unpaired) electrons. The average molecular weight is 422 g/mol. The van der Waals surface area contributed by atoms with Gasteiger partial charge in [-0.05, 0) is 67.7 Å². The lowest BCUT2D eigenvalue weighted by molar-refractivity contribution is -0.145. The summed E-state index contributed by atoms with van der Waals surface area (Å²) in [5, 5.41) is 20.2. The Morgan fingerprint density at radius 2 is 1.84 bits per heavy atom. The van der Waals surface area contributed by atoms with Crippen molar-refractivity contribution in [1.82, 2.24) is 9.80 Å². The molecule has 1 saturated heterocycles. The van der Waals surface area contributed by atoms with Gasteiger partial charge in [-0.25, -0.2) is 0 Å². The lowest BCUT2D eigenvalue weighted by Crippen LogP contribution is -2.54. The van der Waals surface area contributed by atoms with Crippen LogP contribution in [0.3, 0.4) is 0 Å². The minimum Gasteiger partial charge on any atom is -0.508 e. The Labute approximate surface area is 181 Å². The highest BCUT2D eigenvalue weighted by atomic mass is 16.5. The first kappa shape index (κ1) is 20.8. The summed E-state index contributed by atoms with van der Waals surface area (Å²) in [7, 11) is 0. The fourth-order valence-electron chi connectivity index (χ4n) is 4.16. The van der Waals surface area contributed by atoms with Crippen LogP contribution in [0.15, 0.2) is 48.2 Å². The predicted molar refractivity (Wildman–Crippen MR) is 116 cm³/mol. The molecular formula is C24H26N2O5. The monoisotopic (exact) mass is 422 g/mol. The smallest absolute Gasteiger partial charge is 0.271 e. The standard InChI is InChI=1S/C24H26N2O5/c1-2-31-18-8-5-16(6-9-18)11-13-25-15-22(29)26-12-3-4-19(23(26)24(25)30)20-14-17(27)7-10-21(20)28/h5-10,14,27-28H,2-4,11-13,15H2,1H3. The molecular weight excluding hydrogens is 396 g/mol. The maximum atomic E-state index is 13.4. The molecule has 0 aliphatic carbocycles. The summed E-state index contributed by atoms with van der Waals surface area (Å²) in [5.74, 6) is 0.434. The van der Waals surface area contributed by atoms with E-state index < -0.39 is 0 Å². The third-order valence-electron chi connectivity index (χ3n) is 5.69. The number of aromatic hydroxyl groups is 2. The van der Waals surface area contributed by atoms with E-state index >= 15 is 0 Å². The number of fused-ring (bicyclic) bond motifs is 1. The van der Waals surface area contributed by atoms with Crippen LogP contribution in [0, 0.1) is 0 Å². The Hall–Kier alpha value is -3.48. The molecule has 2 N–H and O–H groups in total. The van der Waals surface area contributed by atoms with Crippen molar-refractivity contribution in [2.75, 3.05) is 26.2 Å². The van der Waals surface area contributed by atoms with Crippen LogP contribution in [0.25, 0.3) is 5.57 Å². The summed E-state index contributed by atoms with van der Waals surface area (Å²) in [5.41, 5.74) is 2.36. The molecule has 2 amide bonds. The van der Waals surface area contributed by atoms with E-state index in [9.17, 15) is 19.8 Å². The maximum absolute atomic E-state index is 13.4. The molecule has 2 heterocycles. The van der Waals surface area contributed by atoms with Gasteiger partial charge in [-0.3, -0.25) is 9.59 Å². The van der Waals surface area contributed by atoms with Gasteiger partial charge in [0, 0.05) is 18.7 Å². The second-order valence-corrected chi connectivity index (χ2v) is 7.73. The molecule has 2 aliphatic rings. The summed E-state index contributed by atoms with van der Waals surface area (Å²) in [6.07, 6.45) is 1.86. The summed E-state index contributed by atoms with van der Waals surface area (Å²) >= 11 is 0. The summed E-state index contributed by atoms with van der Waals surface area (Å²) in [4.78, 5) is 29.3. The van der Waals surface area contributed by atoms with Gasteiger partial charge in [0.15, 0.2) is 0 Å². The number of piperazine rings is 1. The fraction of sp³-hybridized carbons (Fsp3) is 0.333. The van der Waals surface area contributed by atoms with E-state index in [1.54, 1.807) is 4.90 Å². The molecule has 0 unspecified atom stereocenters. The van der Waals surface area contributed by atoms with Crippen LogP contribution < -0.4 is 4.74 Å². The van der Waals surface area contributed by atoms with E-state index in [-0.39, 0.29) is 29.9 Å². The molecule has 2 aromatic rings. The number of ether oxygens (including phenoxy) is 1. The third-order valence-corrected chi connectivity index (χ3v) is 5.69. The number of phenolic OH excluding ortho intramolecular Hbond substituents is 2. The highest BCUT2D eigenvalue weighted by molar-refractivity contribution is 6.09. The molecule has 0 spiro atoms. The van der Waals surface area contributed by atoms with Crippen LogP contribution >= 0.6 is 0 Å². The molecule has 31 heavy (non-hydrogen) atoms. The van der Waals surface area contributed by atoms with Crippen molar-refractivity contribution in [1.29, 1.82) is 0 Å². The number of phenols is 2. The highest BCUT2D eigenvalue weighted by Crippen LogP contribution is 2.38. The third kappa shape index (κ3) is 4.21. The Morgan fingerprint density at radius 3 is 2.58 bits per heavy atom. The van der Waals surface area contributed by atoms with Crippen molar-refractivity contribution < 1.29 is 24.5 Å². The van der Waals surface area contributed by atoms with Crippen molar-refractivity contribution in [3.8, 4) is 17.2 Å².